The molecular formula is C31H26N4O4. The normalized spacial score (nSPS) is 20.2. The Morgan fingerprint density at radius 3 is 2.54 bits per heavy atom. The maximum Gasteiger partial charge on any atom is 0.322 e. The summed E-state index contributed by atoms with van der Waals surface area (Å²) in [6.45, 7) is 1.02. The van der Waals surface area contributed by atoms with Crippen LogP contribution in [0.5, 0.6) is 5.75 Å². The molecule has 1 atom stereocenters. The van der Waals surface area contributed by atoms with Crippen LogP contribution in [-0.4, -0.2) is 40.9 Å². The number of nitrogens with zero attached hydrogens (tertiary/aromatic N) is 2. The van der Waals surface area contributed by atoms with Crippen molar-refractivity contribution in [3.8, 4) is 16.9 Å². The Bertz CT molecular complexity index is 1640. The maximum atomic E-state index is 13.4. The Balaban J connectivity index is 1.18. The van der Waals surface area contributed by atoms with Gasteiger partial charge >= 0.3 is 6.03 Å². The van der Waals surface area contributed by atoms with Gasteiger partial charge in [0.1, 0.15) is 5.75 Å². The Hall–Kier alpha value is -4.72. The zero-order chi connectivity index (χ0) is 26.6. The fraction of sp³-hybridized carbons (Fsp3) is 0.226. The number of hydrogen-bond donors (Lipinski definition) is 2. The van der Waals surface area contributed by atoms with Gasteiger partial charge in [-0.2, -0.15) is 0 Å². The topological polar surface area (TPSA) is 101 Å². The van der Waals surface area contributed by atoms with Crippen molar-refractivity contribution in [2.75, 3.05) is 13.2 Å². The van der Waals surface area contributed by atoms with Crippen molar-refractivity contribution in [3.05, 3.63) is 95.7 Å². The average Bonchev–Trinajstić information content (AvgIpc) is 3.68. The van der Waals surface area contributed by atoms with Crippen molar-refractivity contribution in [2.45, 2.75) is 24.9 Å². The lowest BCUT2D eigenvalue weighted by molar-refractivity contribution is -0.124. The molecule has 7 rings (SSSR count). The number of hydrogen-bond acceptors (Lipinski definition) is 5. The zero-order valence-electron chi connectivity index (χ0n) is 21.1. The van der Waals surface area contributed by atoms with E-state index in [4.69, 9.17) is 4.74 Å². The summed E-state index contributed by atoms with van der Waals surface area (Å²) in [5.41, 5.74) is 3.43. The fourth-order valence-electron chi connectivity index (χ4n) is 5.51. The van der Waals surface area contributed by atoms with E-state index in [-0.39, 0.29) is 12.5 Å². The summed E-state index contributed by atoms with van der Waals surface area (Å²) in [4.78, 5) is 45.2. The van der Waals surface area contributed by atoms with Crippen LogP contribution in [0.25, 0.3) is 22.0 Å². The number of nitrogens with one attached hydrogen (secondary N) is 2. The van der Waals surface area contributed by atoms with Gasteiger partial charge in [0, 0.05) is 29.3 Å². The van der Waals surface area contributed by atoms with Gasteiger partial charge < -0.3 is 15.0 Å². The van der Waals surface area contributed by atoms with Crippen LogP contribution in [0.1, 0.15) is 34.3 Å². The summed E-state index contributed by atoms with van der Waals surface area (Å²) in [5.74, 6) is 0.618. The van der Waals surface area contributed by atoms with Crippen LogP contribution >= 0.6 is 0 Å². The van der Waals surface area contributed by atoms with Crippen molar-refractivity contribution < 1.29 is 19.1 Å². The number of benzene rings is 3. The number of urea groups is 1. The standard InChI is InChI=1S/C31H26N4O4/c36-28-26-15-24(39-17-19-6-7-19)13-10-22(26)16-35(28)18-31(29(37)33-30(38)34-31)23-11-8-20(9-12-23)25-5-1-3-21-4-2-14-32-27(21)25/h1-5,8-15,19H,6-7,16-18H2,(H2,33,34,37,38)/t31-/m0/s1. The summed E-state index contributed by atoms with van der Waals surface area (Å²) in [6, 6.07) is 22.4. The highest BCUT2D eigenvalue weighted by atomic mass is 16.5. The van der Waals surface area contributed by atoms with E-state index in [0.717, 1.165) is 27.6 Å². The molecule has 2 fully saturated rings. The third-order valence-corrected chi connectivity index (χ3v) is 7.83. The van der Waals surface area contributed by atoms with E-state index in [1.165, 1.54) is 12.8 Å². The zero-order valence-corrected chi connectivity index (χ0v) is 21.1. The molecule has 4 amide bonds. The van der Waals surface area contributed by atoms with Gasteiger partial charge in [0.05, 0.1) is 18.7 Å². The van der Waals surface area contributed by atoms with Crippen LogP contribution in [0.3, 0.4) is 0 Å². The number of carbonyl (C=O) groups is 3. The SMILES string of the molecule is O=C1NC(=O)[C@](CN2Cc3ccc(OCC4CC4)cc3C2=O)(c2ccc(-c3cccc4cccnc34)cc2)N1. The third-order valence-electron chi connectivity index (χ3n) is 7.83. The van der Waals surface area contributed by atoms with Crippen LogP contribution < -0.4 is 15.4 Å². The van der Waals surface area contributed by atoms with Gasteiger partial charge in [-0.1, -0.05) is 54.6 Å². The smallest absolute Gasteiger partial charge is 0.322 e. The highest BCUT2D eigenvalue weighted by Crippen LogP contribution is 2.35. The van der Waals surface area contributed by atoms with Crippen LogP contribution in [0.2, 0.25) is 0 Å². The number of amides is 4. The van der Waals surface area contributed by atoms with E-state index in [2.05, 4.69) is 15.6 Å². The first-order chi connectivity index (χ1) is 19.0. The molecule has 0 bridgehead atoms. The molecular weight excluding hydrogens is 492 g/mol. The molecule has 1 aliphatic carbocycles. The first-order valence-corrected chi connectivity index (χ1v) is 13.1. The van der Waals surface area contributed by atoms with Gasteiger partial charge in [0.15, 0.2) is 5.54 Å². The average molecular weight is 519 g/mol. The van der Waals surface area contributed by atoms with Crippen LogP contribution in [0.15, 0.2) is 79.0 Å². The van der Waals surface area contributed by atoms with Gasteiger partial charge in [-0.05, 0) is 53.6 Å². The number of rotatable bonds is 7. The fourth-order valence-corrected chi connectivity index (χ4v) is 5.51. The quantitative estimate of drug-likeness (QED) is 0.354. The molecule has 0 unspecified atom stereocenters. The van der Waals surface area contributed by atoms with Gasteiger partial charge in [-0.3, -0.25) is 19.9 Å². The number of pyridine rings is 1. The van der Waals surface area contributed by atoms with Crippen molar-refractivity contribution in [1.82, 2.24) is 20.5 Å². The second kappa shape index (κ2) is 8.94. The minimum absolute atomic E-state index is 0.00548. The van der Waals surface area contributed by atoms with E-state index in [9.17, 15) is 14.4 Å². The Morgan fingerprint density at radius 1 is 0.949 bits per heavy atom. The molecule has 1 aromatic heterocycles. The van der Waals surface area contributed by atoms with Gasteiger partial charge in [-0.25, -0.2) is 4.79 Å². The van der Waals surface area contributed by atoms with Crippen molar-refractivity contribution >= 4 is 28.7 Å². The molecule has 1 saturated heterocycles. The maximum absolute atomic E-state index is 13.4. The number of ether oxygens (including phenoxy) is 1. The number of fused-ring (bicyclic) bond motifs is 2. The summed E-state index contributed by atoms with van der Waals surface area (Å²) in [6.07, 6.45) is 4.14. The van der Waals surface area contributed by atoms with E-state index >= 15 is 0 Å². The second-order valence-corrected chi connectivity index (χ2v) is 10.5. The van der Waals surface area contributed by atoms with Gasteiger partial charge in [0.25, 0.3) is 11.8 Å². The molecule has 0 spiro atoms. The first kappa shape index (κ1) is 23.4. The van der Waals surface area contributed by atoms with Crippen molar-refractivity contribution in [2.24, 2.45) is 5.92 Å². The second-order valence-electron chi connectivity index (χ2n) is 10.5. The molecule has 3 aromatic carbocycles. The molecule has 2 N–H and O–H groups in total. The van der Waals surface area contributed by atoms with Crippen LogP contribution in [-0.2, 0) is 16.9 Å². The number of aromatic nitrogens is 1. The molecule has 2 aliphatic heterocycles. The summed E-state index contributed by atoms with van der Waals surface area (Å²) >= 11 is 0. The lowest BCUT2D eigenvalue weighted by Crippen LogP contribution is -2.52. The molecule has 1 saturated carbocycles. The van der Waals surface area contributed by atoms with E-state index in [1.807, 2.05) is 66.7 Å². The monoisotopic (exact) mass is 518 g/mol. The van der Waals surface area contributed by atoms with E-state index in [1.54, 1.807) is 17.2 Å². The predicted molar refractivity (Wildman–Crippen MR) is 145 cm³/mol. The van der Waals surface area contributed by atoms with Gasteiger partial charge in [0.2, 0.25) is 0 Å². The lowest BCUT2D eigenvalue weighted by atomic mass is 9.87. The van der Waals surface area contributed by atoms with Crippen molar-refractivity contribution in [3.63, 3.8) is 0 Å². The Labute approximate surface area is 225 Å². The first-order valence-electron chi connectivity index (χ1n) is 13.1. The molecule has 39 heavy (non-hydrogen) atoms. The number of para-hydroxylation sites is 1. The largest absolute Gasteiger partial charge is 0.493 e. The number of carbonyl (C=O) groups excluding carboxylic acids is 3. The molecule has 3 aliphatic rings. The van der Waals surface area contributed by atoms with Crippen LogP contribution in [0.4, 0.5) is 4.79 Å². The molecule has 4 aromatic rings. The van der Waals surface area contributed by atoms with Crippen LogP contribution in [0, 0.1) is 5.92 Å². The highest BCUT2D eigenvalue weighted by Gasteiger charge is 2.50. The highest BCUT2D eigenvalue weighted by molar-refractivity contribution is 6.08. The van der Waals surface area contributed by atoms with E-state index < -0.39 is 17.5 Å². The molecule has 3 heterocycles. The van der Waals surface area contributed by atoms with Crippen molar-refractivity contribution in [1.29, 1.82) is 0 Å². The minimum atomic E-state index is -1.41. The third kappa shape index (κ3) is 4.09. The minimum Gasteiger partial charge on any atom is -0.493 e. The predicted octanol–water partition coefficient (Wildman–Crippen LogP) is 4.38. The lowest BCUT2D eigenvalue weighted by Gasteiger charge is -2.31. The Kier molecular flexibility index (Phi) is 5.36. The molecule has 194 valence electrons. The van der Waals surface area contributed by atoms with Gasteiger partial charge in [-0.15, -0.1) is 0 Å². The molecule has 8 heteroatoms. The Morgan fingerprint density at radius 2 is 1.77 bits per heavy atom. The number of imide groups is 1. The molecule has 8 nitrogen and oxygen atoms in total. The molecule has 0 radical (unpaired) electrons. The summed E-state index contributed by atoms with van der Waals surface area (Å²) < 4.78 is 5.87. The van der Waals surface area contributed by atoms with E-state index in [0.29, 0.717) is 35.9 Å². The summed E-state index contributed by atoms with van der Waals surface area (Å²) in [7, 11) is 0. The summed E-state index contributed by atoms with van der Waals surface area (Å²) in [5, 5.41) is 6.22.